The van der Waals surface area contributed by atoms with Crippen LogP contribution in [0.15, 0.2) is 24.3 Å². The summed E-state index contributed by atoms with van der Waals surface area (Å²) in [4.78, 5) is 23.1. The first-order chi connectivity index (χ1) is 11.0. The zero-order valence-electron chi connectivity index (χ0n) is 13.0. The summed E-state index contributed by atoms with van der Waals surface area (Å²) >= 11 is 0. The zero-order valence-corrected chi connectivity index (χ0v) is 13.0. The van der Waals surface area contributed by atoms with Crippen molar-refractivity contribution in [3.8, 4) is 0 Å². The third-order valence-electron chi connectivity index (χ3n) is 4.22. The molecule has 7 nitrogen and oxygen atoms in total. The number of nitrogens with one attached hydrogen (secondary N) is 2. The van der Waals surface area contributed by atoms with Gasteiger partial charge < -0.3 is 5.32 Å². The Labute approximate surface area is 133 Å². The minimum atomic E-state index is -0.576. The topological polar surface area (TPSA) is 101 Å². The number of hydrogen-bond acceptors (Lipinski definition) is 4. The van der Waals surface area contributed by atoms with Gasteiger partial charge in [0.1, 0.15) is 5.69 Å². The molecule has 1 unspecified atom stereocenters. The number of benzene rings is 1. The SMILES string of the molecule is Cc1ccccc1C(NC(=O)c1n[nH]c(C)c1[N+](=O)[O-])C1CC1. The minimum absolute atomic E-state index is 0.139. The molecule has 3 rings (SSSR count). The number of amides is 1. The van der Waals surface area contributed by atoms with Crippen molar-refractivity contribution >= 4 is 11.6 Å². The van der Waals surface area contributed by atoms with Gasteiger partial charge in [0.25, 0.3) is 5.91 Å². The van der Waals surface area contributed by atoms with Gasteiger partial charge in [-0.1, -0.05) is 24.3 Å². The Bertz CT molecular complexity index is 764. The fraction of sp³-hybridized carbons (Fsp3) is 0.375. The van der Waals surface area contributed by atoms with Crippen LogP contribution in [-0.2, 0) is 0 Å². The number of aromatic amines is 1. The van der Waals surface area contributed by atoms with E-state index in [-0.39, 0.29) is 23.1 Å². The number of carbonyl (C=O) groups is 1. The lowest BCUT2D eigenvalue weighted by molar-refractivity contribution is -0.385. The third-order valence-corrected chi connectivity index (χ3v) is 4.22. The maximum Gasteiger partial charge on any atom is 0.322 e. The number of H-pyrrole nitrogens is 1. The summed E-state index contributed by atoms with van der Waals surface area (Å²) in [6, 6.07) is 7.73. The molecule has 1 aliphatic rings. The predicted octanol–water partition coefficient (Wildman–Crippen LogP) is 2.82. The third kappa shape index (κ3) is 2.94. The van der Waals surface area contributed by atoms with Gasteiger partial charge in [0.05, 0.1) is 11.0 Å². The van der Waals surface area contributed by atoms with Crippen molar-refractivity contribution in [3.05, 3.63) is 56.9 Å². The largest absolute Gasteiger partial charge is 0.343 e. The summed E-state index contributed by atoms with van der Waals surface area (Å²) in [5, 5.41) is 20.4. The van der Waals surface area contributed by atoms with Gasteiger partial charge in [0, 0.05) is 0 Å². The van der Waals surface area contributed by atoms with Crippen molar-refractivity contribution in [3.63, 3.8) is 0 Å². The molecule has 2 aromatic rings. The van der Waals surface area contributed by atoms with E-state index >= 15 is 0 Å². The highest BCUT2D eigenvalue weighted by Crippen LogP contribution is 2.42. The van der Waals surface area contributed by atoms with Crippen LogP contribution >= 0.6 is 0 Å². The van der Waals surface area contributed by atoms with Gasteiger partial charge in [-0.2, -0.15) is 5.10 Å². The normalized spacial score (nSPS) is 15.2. The minimum Gasteiger partial charge on any atom is -0.343 e. The first kappa shape index (κ1) is 15.2. The number of nitrogens with zero attached hydrogens (tertiary/aromatic N) is 2. The molecule has 23 heavy (non-hydrogen) atoms. The van der Waals surface area contributed by atoms with Crippen molar-refractivity contribution in [1.82, 2.24) is 15.5 Å². The Morgan fingerprint density at radius 2 is 2.09 bits per heavy atom. The number of aryl methyl sites for hydroxylation is 2. The Kier molecular flexibility index (Phi) is 3.85. The van der Waals surface area contributed by atoms with Gasteiger partial charge in [-0.25, -0.2) is 0 Å². The maximum atomic E-state index is 12.5. The molecule has 2 N–H and O–H groups in total. The van der Waals surface area contributed by atoms with E-state index in [1.165, 1.54) is 6.92 Å². The highest BCUT2D eigenvalue weighted by atomic mass is 16.6. The summed E-state index contributed by atoms with van der Waals surface area (Å²) in [7, 11) is 0. The van der Waals surface area contributed by atoms with Crippen LogP contribution in [0.3, 0.4) is 0 Å². The molecule has 1 saturated carbocycles. The monoisotopic (exact) mass is 314 g/mol. The van der Waals surface area contributed by atoms with Crippen LogP contribution in [0.1, 0.15) is 46.2 Å². The summed E-state index contributed by atoms with van der Waals surface area (Å²) in [6.07, 6.45) is 2.09. The van der Waals surface area contributed by atoms with Crippen molar-refractivity contribution in [1.29, 1.82) is 0 Å². The molecule has 1 aromatic carbocycles. The second kappa shape index (κ2) is 5.83. The molecule has 0 radical (unpaired) electrons. The molecule has 0 saturated heterocycles. The summed E-state index contributed by atoms with van der Waals surface area (Å²) < 4.78 is 0. The predicted molar refractivity (Wildman–Crippen MR) is 84.1 cm³/mol. The van der Waals surface area contributed by atoms with E-state index in [9.17, 15) is 14.9 Å². The average Bonchev–Trinajstić information content (AvgIpc) is 3.27. The standard InChI is InChI=1S/C16H18N4O3/c1-9-5-3-4-6-12(9)13(11-7-8-11)17-16(21)14-15(20(22)23)10(2)18-19-14/h3-6,11,13H,7-8H2,1-2H3,(H,17,21)(H,18,19). The highest BCUT2D eigenvalue weighted by Gasteiger charge is 2.36. The molecule has 7 heteroatoms. The molecule has 0 aliphatic heterocycles. The van der Waals surface area contributed by atoms with E-state index in [4.69, 9.17) is 0 Å². The highest BCUT2D eigenvalue weighted by molar-refractivity contribution is 5.96. The van der Waals surface area contributed by atoms with E-state index in [0.29, 0.717) is 5.92 Å². The Hall–Kier alpha value is -2.70. The lowest BCUT2D eigenvalue weighted by Crippen LogP contribution is -2.31. The second-order valence-electron chi connectivity index (χ2n) is 5.95. The van der Waals surface area contributed by atoms with E-state index < -0.39 is 10.8 Å². The van der Waals surface area contributed by atoms with E-state index in [1.807, 2.05) is 31.2 Å². The molecule has 1 aliphatic carbocycles. The molecular weight excluding hydrogens is 296 g/mol. The van der Waals surface area contributed by atoms with Gasteiger partial charge in [-0.3, -0.25) is 20.0 Å². The average molecular weight is 314 g/mol. The smallest absolute Gasteiger partial charge is 0.322 e. The van der Waals surface area contributed by atoms with E-state index in [0.717, 1.165) is 24.0 Å². The van der Waals surface area contributed by atoms with Crippen LogP contribution in [0, 0.1) is 29.9 Å². The summed E-state index contributed by atoms with van der Waals surface area (Å²) in [6.45, 7) is 3.53. The maximum absolute atomic E-state index is 12.5. The van der Waals surface area contributed by atoms with Crippen LogP contribution < -0.4 is 5.32 Å². The quantitative estimate of drug-likeness (QED) is 0.654. The van der Waals surface area contributed by atoms with Crippen LogP contribution in [0.4, 0.5) is 5.69 Å². The lowest BCUT2D eigenvalue weighted by atomic mass is 9.97. The van der Waals surface area contributed by atoms with E-state index in [1.54, 1.807) is 0 Å². The Morgan fingerprint density at radius 3 is 2.70 bits per heavy atom. The molecule has 0 spiro atoms. The molecule has 1 amide bonds. The first-order valence-corrected chi connectivity index (χ1v) is 7.54. The Morgan fingerprint density at radius 1 is 1.39 bits per heavy atom. The fourth-order valence-corrected chi connectivity index (χ4v) is 2.83. The summed E-state index contributed by atoms with van der Waals surface area (Å²) in [5.74, 6) is -0.139. The first-order valence-electron chi connectivity index (χ1n) is 7.54. The molecule has 0 bridgehead atoms. The van der Waals surface area contributed by atoms with Gasteiger partial charge >= 0.3 is 5.69 Å². The number of aromatic nitrogens is 2. The molecule has 1 atom stereocenters. The molecule has 1 heterocycles. The van der Waals surface area contributed by atoms with E-state index in [2.05, 4.69) is 15.5 Å². The van der Waals surface area contributed by atoms with Gasteiger partial charge in [-0.05, 0) is 43.7 Å². The number of hydrogen-bond donors (Lipinski definition) is 2. The second-order valence-corrected chi connectivity index (χ2v) is 5.95. The van der Waals surface area contributed by atoms with Crippen LogP contribution in [-0.4, -0.2) is 21.0 Å². The van der Waals surface area contributed by atoms with Crippen molar-refractivity contribution in [2.45, 2.75) is 32.7 Å². The van der Waals surface area contributed by atoms with Crippen molar-refractivity contribution in [2.75, 3.05) is 0 Å². The lowest BCUT2D eigenvalue weighted by Gasteiger charge is -2.20. The van der Waals surface area contributed by atoms with Gasteiger partial charge in [-0.15, -0.1) is 0 Å². The van der Waals surface area contributed by atoms with Gasteiger partial charge in [0.15, 0.2) is 0 Å². The van der Waals surface area contributed by atoms with Gasteiger partial charge in [0.2, 0.25) is 5.69 Å². The molecular formula is C16H18N4O3. The Balaban J connectivity index is 1.89. The van der Waals surface area contributed by atoms with Crippen LogP contribution in [0.5, 0.6) is 0 Å². The summed E-state index contributed by atoms with van der Waals surface area (Å²) in [5.41, 5.74) is 2.00. The molecule has 1 fully saturated rings. The molecule has 1 aromatic heterocycles. The number of carbonyl (C=O) groups excluding carboxylic acids is 1. The fourth-order valence-electron chi connectivity index (χ4n) is 2.83. The van der Waals surface area contributed by atoms with Crippen LogP contribution in [0.2, 0.25) is 0 Å². The zero-order chi connectivity index (χ0) is 16.6. The van der Waals surface area contributed by atoms with Crippen molar-refractivity contribution < 1.29 is 9.72 Å². The van der Waals surface area contributed by atoms with Crippen LogP contribution in [0.25, 0.3) is 0 Å². The van der Waals surface area contributed by atoms with Crippen molar-refractivity contribution in [2.24, 2.45) is 5.92 Å². The number of rotatable bonds is 5. The number of nitro groups is 1. The molecule has 120 valence electrons.